The van der Waals surface area contributed by atoms with E-state index in [0.717, 1.165) is 26.1 Å². The fourth-order valence-corrected chi connectivity index (χ4v) is 3.95. The Labute approximate surface area is 178 Å². The third-order valence-electron chi connectivity index (χ3n) is 5.42. The summed E-state index contributed by atoms with van der Waals surface area (Å²) in [6.45, 7) is 5.48. The predicted molar refractivity (Wildman–Crippen MR) is 115 cm³/mol. The zero-order valence-electron chi connectivity index (χ0n) is 16.3. The molecule has 2 atom stereocenters. The number of anilines is 2. The number of amides is 2. The second-order valence-corrected chi connectivity index (χ2v) is 7.07. The summed E-state index contributed by atoms with van der Waals surface area (Å²) < 4.78 is 5.12. The summed E-state index contributed by atoms with van der Waals surface area (Å²) in [6, 6.07) is 5.56. The number of nitrogens with zero attached hydrogens (tertiary/aromatic N) is 2. The maximum atomic E-state index is 12.6. The van der Waals surface area contributed by atoms with Crippen LogP contribution in [0.5, 0.6) is 5.75 Å². The fourth-order valence-electron chi connectivity index (χ4n) is 3.95. The number of carbonyl (C=O) groups excluding carboxylic acids is 2. The van der Waals surface area contributed by atoms with Crippen LogP contribution in [0, 0.1) is 5.92 Å². The number of methoxy groups -OCH3 is 1. The second kappa shape index (κ2) is 10.7. The van der Waals surface area contributed by atoms with Crippen molar-refractivity contribution in [3.05, 3.63) is 18.2 Å². The molecule has 1 aromatic carbocycles. The van der Waals surface area contributed by atoms with Gasteiger partial charge in [-0.15, -0.1) is 24.8 Å². The van der Waals surface area contributed by atoms with Crippen LogP contribution in [-0.4, -0.2) is 60.9 Å². The minimum atomic E-state index is -0.317. The molecule has 9 heteroatoms. The summed E-state index contributed by atoms with van der Waals surface area (Å²) >= 11 is 0. The number of likely N-dealkylation sites (N-methyl/N-ethyl adjacent to an activating group) is 1. The summed E-state index contributed by atoms with van der Waals surface area (Å²) in [7, 11) is 1.55. The standard InChI is InChI=1S/C19H28N4O3.2ClH/c1-3-22-8-4-5-15(22)12-23-11-13(9-18(23)24)19(25)21-14-6-7-17(26-2)16(20)10-14;;/h6-7,10,13,15H,3-5,8-9,11-12,20H2,1-2H3,(H,21,25);2*1H. The molecule has 0 aromatic heterocycles. The monoisotopic (exact) mass is 432 g/mol. The lowest BCUT2D eigenvalue weighted by atomic mass is 10.1. The van der Waals surface area contributed by atoms with Crippen molar-refractivity contribution in [2.75, 3.05) is 44.3 Å². The van der Waals surface area contributed by atoms with Crippen LogP contribution >= 0.6 is 24.8 Å². The highest BCUT2D eigenvalue weighted by atomic mass is 35.5. The zero-order chi connectivity index (χ0) is 18.7. The number of hydrogen-bond acceptors (Lipinski definition) is 5. The molecule has 2 amide bonds. The fraction of sp³-hybridized carbons (Fsp3) is 0.579. The van der Waals surface area contributed by atoms with Crippen molar-refractivity contribution in [2.45, 2.75) is 32.2 Å². The minimum absolute atomic E-state index is 0. The molecule has 2 heterocycles. The van der Waals surface area contributed by atoms with E-state index in [4.69, 9.17) is 10.5 Å². The number of benzene rings is 1. The minimum Gasteiger partial charge on any atom is -0.495 e. The second-order valence-electron chi connectivity index (χ2n) is 7.07. The third kappa shape index (κ3) is 5.43. The summed E-state index contributed by atoms with van der Waals surface area (Å²) in [5.74, 6) is 0.191. The molecule has 2 unspecified atom stereocenters. The van der Waals surface area contributed by atoms with Gasteiger partial charge in [0.25, 0.3) is 0 Å². The molecule has 0 aliphatic carbocycles. The molecule has 7 nitrogen and oxygen atoms in total. The summed E-state index contributed by atoms with van der Waals surface area (Å²) in [5, 5.41) is 2.87. The maximum absolute atomic E-state index is 12.6. The summed E-state index contributed by atoms with van der Waals surface area (Å²) in [4.78, 5) is 29.2. The van der Waals surface area contributed by atoms with Gasteiger partial charge < -0.3 is 20.7 Å². The quantitative estimate of drug-likeness (QED) is 0.673. The van der Waals surface area contributed by atoms with Gasteiger partial charge in [0.2, 0.25) is 11.8 Å². The predicted octanol–water partition coefficient (Wildman–Crippen LogP) is 2.39. The number of nitrogen functional groups attached to an aromatic ring is 1. The number of hydrogen-bond donors (Lipinski definition) is 2. The van der Waals surface area contributed by atoms with E-state index >= 15 is 0 Å². The van der Waals surface area contributed by atoms with Crippen molar-refractivity contribution in [1.82, 2.24) is 9.80 Å². The molecule has 0 spiro atoms. The first kappa shape index (κ1) is 24.3. The van der Waals surface area contributed by atoms with Crippen molar-refractivity contribution >= 4 is 48.0 Å². The first-order valence-electron chi connectivity index (χ1n) is 9.28. The summed E-state index contributed by atoms with van der Waals surface area (Å²) in [6.07, 6.45) is 2.58. The average molecular weight is 433 g/mol. The molecule has 2 saturated heterocycles. The molecule has 2 fully saturated rings. The van der Waals surface area contributed by atoms with E-state index in [1.165, 1.54) is 6.42 Å². The van der Waals surface area contributed by atoms with Crippen molar-refractivity contribution in [1.29, 1.82) is 0 Å². The Morgan fingerprint density at radius 1 is 1.36 bits per heavy atom. The van der Waals surface area contributed by atoms with E-state index in [1.807, 2.05) is 4.90 Å². The number of nitrogens with two attached hydrogens (primary N) is 1. The molecule has 0 saturated carbocycles. The Morgan fingerprint density at radius 3 is 2.75 bits per heavy atom. The first-order valence-corrected chi connectivity index (χ1v) is 9.28. The number of halogens is 2. The smallest absolute Gasteiger partial charge is 0.229 e. The van der Waals surface area contributed by atoms with E-state index in [0.29, 0.717) is 29.7 Å². The van der Waals surface area contributed by atoms with Crippen molar-refractivity contribution in [3.8, 4) is 5.75 Å². The molecule has 0 radical (unpaired) electrons. The van der Waals surface area contributed by atoms with Gasteiger partial charge >= 0.3 is 0 Å². The first-order chi connectivity index (χ1) is 12.5. The highest BCUT2D eigenvalue weighted by Crippen LogP contribution is 2.27. The van der Waals surface area contributed by atoms with Gasteiger partial charge in [-0.1, -0.05) is 6.92 Å². The van der Waals surface area contributed by atoms with Crippen LogP contribution < -0.4 is 15.8 Å². The van der Waals surface area contributed by atoms with Crippen LogP contribution in [0.4, 0.5) is 11.4 Å². The number of rotatable bonds is 6. The molecule has 158 valence electrons. The maximum Gasteiger partial charge on any atom is 0.229 e. The lowest BCUT2D eigenvalue weighted by Crippen LogP contribution is -2.41. The Bertz CT molecular complexity index is 689. The average Bonchev–Trinajstić information content (AvgIpc) is 3.22. The number of ether oxygens (including phenoxy) is 1. The summed E-state index contributed by atoms with van der Waals surface area (Å²) in [5.41, 5.74) is 6.97. The third-order valence-corrected chi connectivity index (χ3v) is 5.42. The van der Waals surface area contributed by atoms with E-state index in [9.17, 15) is 9.59 Å². The van der Waals surface area contributed by atoms with Gasteiger partial charge in [0.05, 0.1) is 18.7 Å². The van der Waals surface area contributed by atoms with Crippen LogP contribution in [0.2, 0.25) is 0 Å². The van der Waals surface area contributed by atoms with Crippen molar-refractivity contribution in [3.63, 3.8) is 0 Å². The van der Waals surface area contributed by atoms with Gasteiger partial charge in [0.15, 0.2) is 0 Å². The van der Waals surface area contributed by atoms with Gasteiger partial charge in [-0.05, 0) is 44.1 Å². The highest BCUT2D eigenvalue weighted by molar-refractivity contribution is 5.97. The Hall–Kier alpha value is -1.70. The van der Waals surface area contributed by atoms with Crippen molar-refractivity contribution < 1.29 is 14.3 Å². The van der Waals surface area contributed by atoms with E-state index in [2.05, 4.69) is 17.1 Å². The molecular formula is C19H30Cl2N4O3. The number of carbonyl (C=O) groups is 2. The number of likely N-dealkylation sites (tertiary alicyclic amines) is 2. The lowest BCUT2D eigenvalue weighted by Gasteiger charge is -2.27. The normalized spacial score (nSPS) is 21.8. The van der Waals surface area contributed by atoms with E-state index in [1.54, 1.807) is 25.3 Å². The Balaban J connectivity index is 0.00000196. The molecule has 2 aliphatic rings. The van der Waals surface area contributed by atoms with E-state index < -0.39 is 0 Å². The van der Waals surface area contributed by atoms with Gasteiger partial charge in [0.1, 0.15) is 5.75 Å². The van der Waals surface area contributed by atoms with Crippen LogP contribution in [0.15, 0.2) is 18.2 Å². The largest absolute Gasteiger partial charge is 0.495 e. The Morgan fingerprint density at radius 2 is 2.11 bits per heavy atom. The van der Waals surface area contributed by atoms with Gasteiger partial charge in [0, 0.05) is 31.2 Å². The number of nitrogens with one attached hydrogen (secondary N) is 1. The van der Waals surface area contributed by atoms with Crippen LogP contribution in [0.25, 0.3) is 0 Å². The van der Waals surface area contributed by atoms with Gasteiger partial charge in [-0.25, -0.2) is 0 Å². The van der Waals surface area contributed by atoms with Crippen LogP contribution in [0.1, 0.15) is 26.2 Å². The van der Waals surface area contributed by atoms with Crippen LogP contribution in [-0.2, 0) is 9.59 Å². The van der Waals surface area contributed by atoms with Gasteiger partial charge in [-0.3, -0.25) is 14.5 Å². The molecule has 1 aromatic rings. The lowest BCUT2D eigenvalue weighted by molar-refractivity contribution is -0.128. The van der Waals surface area contributed by atoms with Crippen LogP contribution in [0.3, 0.4) is 0 Å². The molecule has 3 N–H and O–H groups in total. The molecule has 2 aliphatic heterocycles. The van der Waals surface area contributed by atoms with E-state index in [-0.39, 0.29) is 49.0 Å². The SMILES string of the molecule is CCN1CCCC1CN1CC(C(=O)Nc2ccc(OC)c(N)c2)CC1=O.Cl.Cl. The molecule has 3 rings (SSSR count). The molecule has 28 heavy (non-hydrogen) atoms. The zero-order valence-corrected chi connectivity index (χ0v) is 18.0. The molecular weight excluding hydrogens is 403 g/mol. The highest BCUT2D eigenvalue weighted by Gasteiger charge is 2.36. The van der Waals surface area contributed by atoms with Crippen molar-refractivity contribution in [2.24, 2.45) is 5.92 Å². The Kier molecular flexibility index (Phi) is 9.33. The topological polar surface area (TPSA) is 87.9 Å². The molecule has 0 bridgehead atoms. The van der Waals surface area contributed by atoms with Gasteiger partial charge in [-0.2, -0.15) is 0 Å².